The van der Waals surface area contributed by atoms with Gasteiger partial charge in [0.2, 0.25) is 5.91 Å². The van der Waals surface area contributed by atoms with Crippen molar-refractivity contribution in [3.8, 4) is 0 Å². The fraction of sp³-hybridized carbons (Fsp3) is 0.222. The van der Waals surface area contributed by atoms with Crippen LogP contribution in [0.15, 0.2) is 23.1 Å². The van der Waals surface area contributed by atoms with Gasteiger partial charge in [-0.15, -0.1) is 11.8 Å². The molecule has 0 saturated heterocycles. The van der Waals surface area contributed by atoms with E-state index in [0.29, 0.717) is 5.75 Å². The average molecular weight is 210 g/mol. The number of amides is 1. The summed E-state index contributed by atoms with van der Waals surface area (Å²) >= 11 is 1.52. The zero-order valence-electron chi connectivity index (χ0n) is 7.41. The Morgan fingerprint density at radius 1 is 1.57 bits per heavy atom. The molecule has 1 aromatic carbocycles. The lowest BCUT2D eigenvalue weighted by atomic mass is 10.2. The van der Waals surface area contributed by atoms with E-state index < -0.39 is 0 Å². The maximum Gasteiger partial charge on any atom is 0.234 e. The lowest BCUT2D eigenvalue weighted by molar-refractivity contribution is -0.113. The maximum absolute atomic E-state index is 11.1. The molecular weight excluding hydrogens is 200 g/mol. The van der Waals surface area contributed by atoms with Gasteiger partial charge < -0.3 is 15.7 Å². The minimum Gasteiger partial charge on any atom is -0.377 e. The average Bonchev–Trinajstić information content (AvgIpc) is 2.17. The number of rotatable bonds is 2. The van der Waals surface area contributed by atoms with E-state index >= 15 is 0 Å². The van der Waals surface area contributed by atoms with E-state index in [2.05, 4.69) is 10.6 Å². The van der Waals surface area contributed by atoms with Crippen LogP contribution in [0, 0.1) is 0 Å². The van der Waals surface area contributed by atoms with Crippen molar-refractivity contribution >= 4 is 29.0 Å². The van der Waals surface area contributed by atoms with Crippen molar-refractivity contribution in [1.82, 2.24) is 0 Å². The summed E-state index contributed by atoms with van der Waals surface area (Å²) in [7, 11) is 0. The van der Waals surface area contributed by atoms with Crippen LogP contribution in [0.25, 0.3) is 0 Å². The molecule has 0 aliphatic carbocycles. The number of aliphatic hydroxyl groups is 1. The van der Waals surface area contributed by atoms with Crippen LogP contribution in [-0.2, 0) is 4.79 Å². The minimum absolute atomic E-state index is 0.0173. The molecule has 0 aromatic heterocycles. The molecule has 0 fully saturated rings. The van der Waals surface area contributed by atoms with Crippen LogP contribution in [0.1, 0.15) is 0 Å². The Hall–Kier alpha value is -1.20. The fourth-order valence-corrected chi connectivity index (χ4v) is 2.07. The Morgan fingerprint density at radius 3 is 3.21 bits per heavy atom. The van der Waals surface area contributed by atoms with Crippen LogP contribution < -0.4 is 10.6 Å². The van der Waals surface area contributed by atoms with E-state index in [1.165, 1.54) is 11.8 Å². The summed E-state index contributed by atoms with van der Waals surface area (Å²) < 4.78 is 0. The molecular formula is C9H10N2O2S. The highest BCUT2D eigenvalue weighted by molar-refractivity contribution is 8.00. The van der Waals surface area contributed by atoms with Crippen LogP contribution in [0.4, 0.5) is 11.4 Å². The summed E-state index contributed by atoms with van der Waals surface area (Å²) in [6.45, 7) is -0.111. The largest absolute Gasteiger partial charge is 0.377 e. The molecule has 0 bridgehead atoms. The molecule has 0 unspecified atom stereocenters. The SMILES string of the molecule is O=C1CSc2ccc(NCO)cc2N1. The summed E-state index contributed by atoms with van der Waals surface area (Å²) in [5.74, 6) is 0.489. The number of benzene rings is 1. The maximum atomic E-state index is 11.1. The van der Waals surface area contributed by atoms with Gasteiger partial charge in [0.05, 0.1) is 11.4 Å². The number of carbonyl (C=O) groups is 1. The fourth-order valence-electron chi connectivity index (χ4n) is 1.28. The number of aliphatic hydroxyl groups excluding tert-OH is 1. The van der Waals surface area contributed by atoms with Crippen molar-refractivity contribution in [3.05, 3.63) is 18.2 Å². The summed E-state index contributed by atoms with van der Waals surface area (Å²) in [4.78, 5) is 12.2. The smallest absolute Gasteiger partial charge is 0.234 e. The summed E-state index contributed by atoms with van der Waals surface area (Å²) in [6, 6.07) is 5.62. The molecule has 1 aliphatic rings. The second kappa shape index (κ2) is 3.89. The van der Waals surface area contributed by atoms with E-state index in [1.54, 1.807) is 0 Å². The normalized spacial score (nSPS) is 14.5. The van der Waals surface area contributed by atoms with Gasteiger partial charge in [0.1, 0.15) is 6.73 Å². The second-order valence-electron chi connectivity index (χ2n) is 2.88. The molecule has 4 nitrogen and oxygen atoms in total. The zero-order chi connectivity index (χ0) is 9.97. The molecule has 2 rings (SSSR count). The Morgan fingerprint density at radius 2 is 2.43 bits per heavy atom. The van der Waals surface area contributed by atoms with Crippen molar-refractivity contribution in [2.24, 2.45) is 0 Å². The van der Waals surface area contributed by atoms with Crippen LogP contribution in [0.3, 0.4) is 0 Å². The number of thioether (sulfide) groups is 1. The van der Waals surface area contributed by atoms with Crippen molar-refractivity contribution in [2.75, 3.05) is 23.1 Å². The third-order valence-corrected chi connectivity index (χ3v) is 2.97. The molecule has 0 saturated carbocycles. The summed E-state index contributed by atoms with van der Waals surface area (Å²) in [6.07, 6.45) is 0. The van der Waals surface area contributed by atoms with Crippen LogP contribution in [0.2, 0.25) is 0 Å². The number of nitrogens with one attached hydrogen (secondary N) is 2. The molecule has 0 radical (unpaired) electrons. The summed E-state index contributed by atoms with van der Waals surface area (Å²) in [5, 5.41) is 14.2. The molecule has 3 N–H and O–H groups in total. The molecule has 0 spiro atoms. The van der Waals surface area contributed by atoms with Crippen molar-refractivity contribution in [3.63, 3.8) is 0 Å². The highest BCUT2D eigenvalue weighted by Gasteiger charge is 2.14. The lowest BCUT2D eigenvalue weighted by Gasteiger charge is -2.17. The van der Waals surface area contributed by atoms with E-state index in [0.717, 1.165) is 16.3 Å². The highest BCUT2D eigenvalue weighted by Crippen LogP contribution is 2.33. The van der Waals surface area contributed by atoms with E-state index in [-0.39, 0.29) is 12.6 Å². The van der Waals surface area contributed by atoms with Crippen LogP contribution in [0.5, 0.6) is 0 Å². The van der Waals surface area contributed by atoms with Gasteiger partial charge in [0, 0.05) is 10.6 Å². The van der Waals surface area contributed by atoms with Gasteiger partial charge in [-0.05, 0) is 18.2 Å². The predicted octanol–water partition coefficient (Wildman–Crippen LogP) is 1.09. The van der Waals surface area contributed by atoms with Crippen LogP contribution in [-0.4, -0.2) is 23.5 Å². The van der Waals surface area contributed by atoms with Gasteiger partial charge in [0.25, 0.3) is 0 Å². The first kappa shape index (κ1) is 9.36. The standard InChI is InChI=1S/C9H10N2O2S/c12-5-10-6-1-2-8-7(3-6)11-9(13)4-14-8/h1-3,10,12H,4-5H2,(H,11,13). The first-order valence-electron chi connectivity index (χ1n) is 4.21. The highest BCUT2D eigenvalue weighted by atomic mass is 32.2. The van der Waals surface area contributed by atoms with Crippen LogP contribution >= 0.6 is 11.8 Å². The van der Waals surface area contributed by atoms with Crippen molar-refractivity contribution in [1.29, 1.82) is 0 Å². The lowest BCUT2D eigenvalue weighted by Crippen LogP contribution is -2.18. The van der Waals surface area contributed by atoms with Gasteiger partial charge in [-0.2, -0.15) is 0 Å². The molecule has 5 heteroatoms. The third-order valence-electron chi connectivity index (χ3n) is 1.90. The molecule has 1 amide bonds. The minimum atomic E-state index is -0.111. The number of carbonyl (C=O) groups excluding carboxylic acids is 1. The number of hydrogen-bond donors (Lipinski definition) is 3. The summed E-state index contributed by atoms with van der Waals surface area (Å²) in [5.41, 5.74) is 1.61. The van der Waals surface area contributed by atoms with E-state index in [9.17, 15) is 4.79 Å². The van der Waals surface area contributed by atoms with Gasteiger partial charge in [-0.3, -0.25) is 4.79 Å². The zero-order valence-corrected chi connectivity index (χ0v) is 8.23. The molecule has 1 heterocycles. The quantitative estimate of drug-likeness (QED) is 0.639. The van der Waals surface area contributed by atoms with Gasteiger partial charge in [-0.1, -0.05) is 0 Å². The topological polar surface area (TPSA) is 61.4 Å². The Bertz CT molecular complexity index is 368. The molecule has 14 heavy (non-hydrogen) atoms. The van der Waals surface area contributed by atoms with Crippen molar-refractivity contribution < 1.29 is 9.90 Å². The van der Waals surface area contributed by atoms with Crippen molar-refractivity contribution in [2.45, 2.75) is 4.90 Å². The molecule has 0 atom stereocenters. The molecule has 1 aliphatic heterocycles. The van der Waals surface area contributed by atoms with E-state index in [1.807, 2.05) is 18.2 Å². The first-order valence-corrected chi connectivity index (χ1v) is 5.19. The first-order chi connectivity index (χ1) is 6.79. The third kappa shape index (κ3) is 1.83. The van der Waals surface area contributed by atoms with Gasteiger partial charge >= 0.3 is 0 Å². The Balaban J connectivity index is 2.28. The van der Waals surface area contributed by atoms with E-state index in [4.69, 9.17) is 5.11 Å². The Labute approximate surface area is 85.7 Å². The number of hydrogen-bond acceptors (Lipinski definition) is 4. The van der Waals surface area contributed by atoms with Gasteiger partial charge in [-0.25, -0.2) is 0 Å². The molecule has 1 aromatic rings. The number of anilines is 2. The number of fused-ring (bicyclic) bond motifs is 1. The predicted molar refractivity (Wildman–Crippen MR) is 56.5 cm³/mol. The Kier molecular flexibility index (Phi) is 2.60. The second-order valence-corrected chi connectivity index (χ2v) is 3.90. The molecule has 74 valence electrons. The van der Waals surface area contributed by atoms with Gasteiger partial charge in [0.15, 0.2) is 0 Å². The monoisotopic (exact) mass is 210 g/mol.